The van der Waals surface area contributed by atoms with Gasteiger partial charge in [0, 0.05) is 11.3 Å². The molecule has 0 saturated carbocycles. The minimum atomic E-state index is -0.101. The van der Waals surface area contributed by atoms with Crippen molar-refractivity contribution in [1.82, 2.24) is 14.1 Å². The summed E-state index contributed by atoms with van der Waals surface area (Å²) in [5.74, 6) is 1.91. The number of pyridine rings is 1. The molecule has 8 heteroatoms. The van der Waals surface area contributed by atoms with Gasteiger partial charge < -0.3 is 0 Å². The second-order valence-electron chi connectivity index (χ2n) is 18.1. The fourth-order valence-corrected chi connectivity index (χ4v) is 11.4. The third-order valence-corrected chi connectivity index (χ3v) is 14.3. The fraction of sp³-hybridized carbons (Fsp3) is 0.0690. The number of para-hydroxylation sites is 5. The van der Waals surface area contributed by atoms with Crippen LogP contribution in [0.25, 0.3) is 66.9 Å². The van der Waals surface area contributed by atoms with Crippen LogP contribution in [0.2, 0.25) is 0 Å². The van der Waals surface area contributed by atoms with Gasteiger partial charge in [0.05, 0.1) is 0 Å². The first-order chi connectivity index (χ1) is 32.3. The van der Waals surface area contributed by atoms with E-state index in [0.29, 0.717) is 11.6 Å². The molecule has 3 aliphatic heterocycles. The molecule has 2 aromatic heterocycles. The molecule has 0 radical (unpaired) electrons. The SMILES string of the molecule is CC(C)(C)c1ccc(-c2cccc(-c3ccccc3)c2-n2[c](=[Pt])n(-c3[c-]c(Oc4ccc5c(n4)N4B6c7c(cccc7-5)-c5ccccc5N6c5ccc[c-]c54)ccc3)c3ccccc32)cc1. The Morgan fingerprint density at radius 2 is 1.18 bits per heavy atom. The van der Waals surface area contributed by atoms with Crippen molar-refractivity contribution in [1.29, 1.82) is 0 Å². The number of imidazole rings is 1. The minimum absolute atomic E-state index is 0.0513. The summed E-state index contributed by atoms with van der Waals surface area (Å²) >= 11 is 2.49. The standard InChI is InChI=1S/C58H40BN5O.Pt/c1-58(2,3)40-32-30-39(31-33-40)44-22-14-21-43(38-16-5-4-6-17-38)56(44)62-37-61(50-26-9-10-27-51(50)62)41-18-13-19-42(36-41)65-54-35-34-48-47-24-15-23-46-45-20-7-8-25-49(45)63-52-28-11-12-29-53(52)64(57(48)60-54)59(63)55(46)47;/h4-28,30-35H,1-3H3;/q-2;. The van der Waals surface area contributed by atoms with Crippen LogP contribution in [0.15, 0.2) is 188 Å². The van der Waals surface area contributed by atoms with Crippen LogP contribution in [0, 0.1) is 15.9 Å². The van der Waals surface area contributed by atoms with Gasteiger partial charge in [-0.1, -0.05) is 30.3 Å². The Morgan fingerprint density at radius 3 is 1.95 bits per heavy atom. The van der Waals surface area contributed by atoms with Crippen LogP contribution in [0.3, 0.4) is 0 Å². The second kappa shape index (κ2) is 14.8. The van der Waals surface area contributed by atoms with Crippen molar-refractivity contribution in [2.24, 2.45) is 0 Å². The van der Waals surface area contributed by atoms with Gasteiger partial charge in [-0.3, -0.25) is 0 Å². The van der Waals surface area contributed by atoms with Crippen LogP contribution in [0.1, 0.15) is 26.3 Å². The van der Waals surface area contributed by atoms with Gasteiger partial charge in [0.1, 0.15) is 0 Å². The average Bonchev–Trinajstić information content (AvgIpc) is 3.86. The number of hydrogen-bond acceptors (Lipinski definition) is 4. The van der Waals surface area contributed by atoms with Gasteiger partial charge in [-0.05, 0) is 11.6 Å². The number of rotatable bonds is 6. The molecule has 0 N–H and O–H groups in total. The molecular weight excluding hydrogens is 989 g/mol. The normalized spacial score (nSPS) is 13.1. The zero-order chi connectivity index (χ0) is 44.3. The summed E-state index contributed by atoms with van der Waals surface area (Å²) in [7, 11) is 0. The summed E-state index contributed by atoms with van der Waals surface area (Å²) in [5.41, 5.74) is 19.4. The maximum absolute atomic E-state index is 6.74. The molecule has 0 bridgehead atoms. The van der Waals surface area contributed by atoms with Crippen LogP contribution in [0.5, 0.6) is 11.6 Å². The van der Waals surface area contributed by atoms with Gasteiger partial charge in [0.25, 0.3) is 0 Å². The molecule has 0 amide bonds. The van der Waals surface area contributed by atoms with Crippen molar-refractivity contribution in [3.05, 3.63) is 210 Å². The first kappa shape index (κ1) is 38.9. The predicted octanol–water partition coefficient (Wildman–Crippen LogP) is 13.6. The average molecular weight is 1030 g/mol. The fourth-order valence-electron chi connectivity index (χ4n) is 10.3. The Kier molecular flexibility index (Phi) is 8.72. The van der Waals surface area contributed by atoms with Gasteiger partial charge >= 0.3 is 326 Å². The zero-order valence-corrected chi connectivity index (χ0v) is 38.7. The van der Waals surface area contributed by atoms with E-state index in [0.717, 1.165) is 71.2 Å². The first-order valence-electron chi connectivity index (χ1n) is 22.3. The molecule has 66 heavy (non-hydrogen) atoms. The zero-order valence-electron chi connectivity index (χ0n) is 36.4. The summed E-state index contributed by atoms with van der Waals surface area (Å²) in [4.78, 5) is 10.1. The predicted molar refractivity (Wildman–Crippen MR) is 264 cm³/mol. The molecule has 13 rings (SSSR count). The summed E-state index contributed by atoms with van der Waals surface area (Å²) in [5, 5.41) is 0. The number of ether oxygens (including phenoxy) is 1. The molecule has 0 atom stereocenters. The Hall–Kier alpha value is -7.47. The molecular formula is C58H40BN5OPt-2. The van der Waals surface area contributed by atoms with E-state index in [2.05, 4.69) is 235 Å². The summed E-state index contributed by atoms with van der Waals surface area (Å²) in [6.07, 6.45) is 0. The summed E-state index contributed by atoms with van der Waals surface area (Å²) in [6, 6.07) is 74.2. The van der Waals surface area contributed by atoms with Crippen molar-refractivity contribution in [3.63, 3.8) is 0 Å². The third kappa shape index (κ3) is 5.86. The third-order valence-electron chi connectivity index (χ3n) is 13.3. The quantitative estimate of drug-likeness (QED) is 0.123. The number of fused-ring (bicyclic) bond motifs is 10. The molecule has 0 aliphatic carbocycles. The monoisotopic (exact) mass is 1030 g/mol. The Balaban J connectivity index is 0.932. The topological polar surface area (TPSA) is 38.5 Å². The van der Waals surface area contributed by atoms with Crippen LogP contribution >= 0.6 is 0 Å². The molecule has 6 nitrogen and oxygen atoms in total. The molecule has 0 fully saturated rings. The van der Waals surface area contributed by atoms with E-state index in [1.165, 1.54) is 33.4 Å². The Labute approximate surface area is 395 Å². The molecule has 0 spiro atoms. The van der Waals surface area contributed by atoms with Gasteiger partial charge in [-0.2, -0.15) is 12.1 Å². The maximum atomic E-state index is 6.74. The summed E-state index contributed by atoms with van der Waals surface area (Å²) in [6.45, 7) is 6.68. The van der Waals surface area contributed by atoms with E-state index >= 15 is 0 Å². The number of hydrogen-bond donors (Lipinski definition) is 0. The van der Waals surface area contributed by atoms with Gasteiger partial charge in [0.2, 0.25) is 0 Å². The van der Waals surface area contributed by atoms with Crippen molar-refractivity contribution < 1.29 is 24.1 Å². The van der Waals surface area contributed by atoms with Crippen molar-refractivity contribution in [2.75, 3.05) is 9.62 Å². The van der Waals surface area contributed by atoms with Crippen LogP contribution < -0.4 is 19.8 Å². The van der Waals surface area contributed by atoms with E-state index in [1.54, 1.807) is 0 Å². The van der Waals surface area contributed by atoms with Crippen molar-refractivity contribution in [3.8, 4) is 67.5 Å². The molecule has 318 valence electrons. The van der Waals surface area contributed by atoms with Crippen molar-refractivity contribution >= 4 is 46.4 Å². The molecule has 3 aliphatic rings. The summed E-state index contributed by atoms with van der Waals surface area (Å²) < 4.78 is 12.4. The number of nitrogens with zero attached hydrogens (tertiary/aromatic N) is 5. The Bertz CT molecular complexity index is 3660. The second-order valence-corrected chi connectivity index (χ2v) is 19.1. The first-order valence-corrected chi connectivity index (χ1v) is 23.5. The molecule has 0 unspecified atom stereocenters. The van der Waals surface area contributed by atoms with Crippen molar-refractivity contribution in [2.45, 2.75) is 26.2 Å². The van der Waals surface area contributed by atoms with Crippen LogP contribution in [-0.4, -0.2) is 21.1 Å². The van der Waals surface area contributed by atoms with E-state index in [4.69, 9.17) is 9.72 Å². The molecule has 5 heterocycles. The van der Waals surface area contributed by atoms with Gasteiger partial charge in [-0.15, -0.1) is 6.07 Å². The molecule has 8 aromatic carbocycles. The number of anilines is 4. The van der Waals surface area contributed by atoms with Gasteiger partial charge in [-0.25, -0.2) is 0 Å². The van der Waals surface area contributed by atoms with Crippen LogP contribution in [-0.2, 0) is 24.8 Å². The number of aromatic nitrogens is 3. The molecule has 0 saturated heterocycles. The Morgan fingerprint density at radius 1 is 0.545 bits per heavy atom. The van der Waals surface area contributed by atoms with Gasteiger partial charge in [0.15, 0.2) is 0 Å². The molecule has 10 aromatic rings. The van der Waals surface area contributed by atoms with Crippen LogP contribution in [0.4, 0.5) is 22.9 Å². The van der Waals surface area contributed by atoms with E-state index in [9.17, 15) is 0 Å². The van der Waals surface area contributed by atoms with E-state index in [-0.39, 0.29) is 12.4 Å². The number of benzene rings is 8. The van der Waals surface area contributed by atoms with E-state index < -0.39 is 0 Å². The van der Waals surface area contributed by atoms with E-state index in [1.807, 2.05) is 24.3 Å².